The van der Waals surface area contributed by atoms with E-state index in [1.54, 1.807) is 36.1 Å². The van der Waals surface area contributed by atoms with Crippen LogP contribution < -0.4 is 5.32 Å². The van der Waals surface area contributed by atoms with Gasteiger partial charge in [0.1, 0.15) is 6.10 Å². The lowest BCUT2D eigenvalue weighted by molar-refractivity contribution is -0.205. The van der Waals surface area contributed by atoms with Crippen LogP contribution in [-0.2, 0) is 9.53 Å². The minimum absolute atomic E-state index is 0.0978. The SMILES string of the molecule is CCC(=O)N[C@]1(C)CCOC2(CCN(C(=O)c3ccccc3C#N)CC2)[C@H]1O. The van der Waals surface area contributed by atoms with E-state index in [0.717, 1.165) is 0 Å². The van der Waals surface area contributed by atoms with Crippen LogP contribution in [-0.4, -0.2) is 58.8 Å². The summed E-state index contributed by atoms with van der Waals surface area (Å²) >= 11 is 0. The highest BCUT2D eigenvalue weighted by atomic mass is 16.5. The van der Waals surface area contributed by atoms with Gasteiger partial charge in [-0.15, -0.1) is 0 Å². The number of ether oxygens (including phenoxy) is 1. The zero-order valence-electron chi connectivity index (χ0n) is 16.4. The van der Waals surface area contributed by atoms with Crippen molar-refractivity contribution >= 4 is 11.8 Å². The first-order chi connectivity index (χ1) is 13.3. The fourth-order valence-electron chi connectivity index (χ4n) is 4.24. The minimum atomic E-state index is -0.854. The average Bonchev–Trinajstić information content (AvgIpc) is 2.72. The summed E-state index contributed by atoms with van der Waals surface area (Å²) in [7, 11) is 0. The number of nitrogens with zero attached hydrogens (tertiary/aromatic N) is 2. The van der Waals surface area contributed by atoms with Crippen molar-refractivity contribution < 1.29 is 19.4 Å². The van der Waals surface area contributed by atoms with Gasteiger partial charge in [0.25, 0.3) is 5.91 Å². The molecule has 3 rings (SSSR count). The van der Waals surface area contributed by atoms with Crippen molar-refractivity contribution in [3.8, 4) is 6.07 Å². The van der Waals surface area contributed by atoms with Crippen molar-refractivity contribution in [3.05, 3.63) is 35.4 Å². The summed E-state index contributed by atoms with van der Waals surface area (Å²) in [5.41, 5.74) is -0.771. The number of nitrogens with one attached hydrogen (secondary N) is 1. The quantitative estimate of drug-likeness (QED) is 0.823. The van der Waals surface area contributed by atoms with Crippen LogP contribution in [0, 0.1) is 11.3 Å². The molecule has 0 aromatic heterocycles. The first kappa shape index (κ1) is 20.3. The molecule has 0 unspecified atom stereocenters. The Morgan fingerprint density at radius 1 is 1.32 bits per heavy atom. The second kappa shape index (κ2) is 7.90. The van der Waals surface area contributed by atoms with Gasteiger partial charge in [-0.3, -0.25) is 9.59 Å². The normalized spacial score (nSPS) is 26.5. The molecule has 1 aromatic carbocycles. The van der Waals surface area contributed by atoms with E-state index in [0.29, 0.717) is 56.5 Å². The molecule has 2 amide bonds. The Morgan fingerprint density at radius 3 is 2.64 bits per heavy atom. The molecule has 2 saturated heterocycles. The van der Waals surface area contributed by atoms with E-state index in [2.05, 4.69) is 11.4 Å². The predicted molar refractivity (Wildman–Crippen MR) is 102 cm³/mol. The molecule has 2 aliphatic rings. The monoisotopic (exact) mass is 385 g/mol. The van der Waals surface area contributed by atoms with Crippen molar-refractivity contribution in [1.29, 1.82) is 5.26 Å². The van der Waals surface area contributed by atoms with Crippen molar-refractivity contribution in [2.45, 2.75) is 56.8 Å². The number of likely N-dealkylation sites (tertiary alicyclic amines) is 1. The summed E-state index contributed by atoms with van der Waals surface area (Å²) in [5, 5.41) is 23.3. The van der Waals surface area contributed by atoms with Crippen LogP contribution in [0.2, 0.25) is 0 Å². The van der Waals surface area contributed by atoms with Gasteiger partial charge in [0.15, 0.2) is 0 Å². The summed E-state index contributed by atoms with van der Waals surface area (Å²) < 4.78 is 6.02. The third-order valence-electron chi connectivity index (χ3n) is 6.03. The standard InChI is InChI=1S/C21H27N3O4/c1-3-17(25)23-20(2)10-13-28-21(19(20)27)8-11-24(12-9-21)18(26)16-7-5-4-6-15(16)14-22/h4-7,19,27H,3,8-13H2,1-2H3,(H,23,25)/t19-,20+/m0/s1. The van der Waals surface area contributed by atoms with E-state index < -0.39 is 17.2 Å². The lowest BCUT2D eigenvalue weighted by Crippen LogP contribution is -2.69. The van der Waals surface area contributed by atoms with Gasteiger partial charge in [-0.2, -0.15) is 5.26 Å². The lowest BCUT2D eigenvalue weighted by Gasteiger charge is -2.53. The molecule has 0 radical (unpaired) electrons. The van der Waals surface area contributed by atoms with Crippen LogP contribution in [0.15, 0.2) is 24.3 Å². The number of carbonyl (C=O) groups is 2. The van der Waals surface area contributed by atoms with E-state index in [1.807, 2.05) is 6.92 Å². The van der Waals surface area contributed by atoms with Gasteiger partial charge < -0.3 is 20.1 Å². The number of carbonyl (C=O) groups excluding carboxylic acids is 2. The molecule has 2 atom stereocenters. The molecule has 28 heavy (non-hydrogen) atoms. The molecular weight excluding hydrogens is 358 g/mol. The first-order valence-corrected chi connectivity index (χ1v) is 9.76. The van der Waals surface area contributed by atoms with Crippen LogP contribution in [0.4, 0.5) is 0 Å². The van der Waals surface area contributed by atoms with Crippen LogP contribution >= 0.6 is 0 Å². The molecule has 2 aliphatic heterocycles. The van der Waals surface area contributed by atoms with Gasteiger partial charge in [0.2, 0.25) is 5.91 Å². The fraction of sp³-hybridized carbons (Fsp3) is 0.571. The second-order valence-electron chi connectivity index (χ2n) is 7.83. The smallest absolute Gasteiger partial charge is 0.255 e. The summed E-state index contributed by atoms with van der Waals surface area (Å²) in [6.45, 7) is 4.93. The topological polar surface area (TPSA) is 103 Å². The van der Waals surface area contributed by atoms with E-state index >= 15 is 0 Å². The average molecular weight is 385 g/mol. The Hall–Kier alpha value is -2.43. The van der Waals surface area contributed by atoms with Gasteiger partial charge in [-0.1, -0.05) is 19.1 Å². The number of piperidine rings is 1. The van der Waals surface area contributed by atoms with E-state index in [-0.39, 0.29) is 11.8 Å². The number of aliphatic hydroxyl groups is 1. The van der Waals surface area contributed by atoms with E-state index in [4.69, 9.17) is 4.74 Å². The van der Waals surface area contributed by atoms with Gasteiger partial charge >= 0.3 is 0 Å². The number of nitriles is 1. The predicted octanol–water partition coefficient (Wildman–Crippen LogP) is 1.60. The molecule has 1 spiro atoms. The Balaban J connectivity index is 1.72. The zero-order valence-corrected chi connectivity index (χ0v) is 16.4. The molecule has 0 saturated carbocycles. The molecule has 150 valence electrons. The van der Waals surface area contributed by atoms with Crippen molar-refractivity contribution in [2.75, 3.05) is 19.7 Å². The van der Waals surface area contributed by atoms with Crippen molar-refractivity contribution in [1.82, 2.24) is 10.2 Å². The maximum atomic E-state index is 12.9. The van der Waals surface area contributed by atoms with Gasteiger partial charge in [-0.25, -0.2) is 0 Å². The summed E-state index contributed by atoms with van der Waals surface area (Å²) in [4.78, 5) is 26.5. The second-order valence-corrected chi connectivity index (χ2v) is 7.83. The summed E-state index contributed by atoms with van der Waals surface area (Å²) in [5.74, 6) is -0.279. The van der Waals surface area contributed by atoms with Gasteiger partial charge in [0.05, 0.1) is 28.3 Å². The highest BCUT2D eigenvalue weighted by molar-refractivity contribution is 5.96. The van der Waals surface area contributed by atoms with Crippen LogP contribution in [0.5, 0.6) is 0 Å². The van der Waals surface area contributed by atoms with Gasteiger partial charge in [0, 0.05) is 26.1 Å². The Bertz CT molecular complexity index is 795. The fourth-order valence-corrected chi connectivity index (χ4v) is 4.24. The van der Waals surface area contributed by atoms with Crippen molar-refractivity contribution in [2.24, 2.45) is 0 Å². The van der Waals surface area contributed by atoms with Crippen molar-refractivity contribution in [3.63, 3.8) is 0 Å². The van der Waals surface area contributed by atoms with E-state index in [9.17, 15) is 20.0 Å². The number of hydrogen-bond acceptors (Lipinski definition) is 5. The van der Waals surface area contributed by atoms with E-state index in [1.165, 1.54) is 0 Å². The third kappa shape index (κ3) is 3.62. The minimum Gasteiger partial charge on any atom is -0.388 e. The molecule has 7 heteroatoms. The molecular formula is C21H27N3O4. The summed E-state index contributed by atoms with van der Waals surface area (Å²) in [6, 6.07) is 8.84. The maximum absolute atomic E-state index is 12.9. The molecule has 0 bridgehead atoms. The first-order valence-electron chi connectivity index (χ1n) is 9.76. The molecule has 7 nitrogen and oxygen atoms in total. The lowest BCUT2D eigenvalue weighted by atomic mass is 9.73. The van der Waals surface area contributed by atoms with Crippen LogP contribution in [0.3, 0.4) is 0 Å². The number of rotatable bonds is 3. The number of hydrogen-bond donors (Lipinski definition) is 2. The molecule has 2 heterocycles. The number of aliphatic hydroxyl groups excluding tert-OH is 1. The molecule has 2 fully saturated rings. The highest BCUT2D eigenvalue weighted by Gasteiger charge is 2.54. The highest BCUT2D eigenvalue weighted by Crippen LogP contribution is 2.40. The van der Waals surface area contributed by atoms with Crippen LogP contribution in [0.1, 0.15) is 55.5 Å². The zero-order chi connectivity index (χ0) is 20.4. The molecule has 0 aliphatic carbocycles. The Kier molecular flexibility index (Phi) is 5.73. The molecule has 1 aromatic rings. The Morgan fingerprint density at radius 2 is 2.00 bits per heavy atom. The largest absolute Gasteiger partial charge is 0.388 e. The Labute approximate surface area is 165 Å². The van der Waals surface area contributed by atoms with Gasteiger partial charge in [-0.05, 0) is 38.3 Å². The summed E-state index contributed by atoms with van der Waals surface area (Å²) in [6.07, 6.45) is 1.00. The number of benzene rings is 1. The maximum Gasteiger partial charge on any atom is 0.255 e. The molecule has 2 N–H and O–H groups in total. The van der Waals surface area contributed by atoms with Crippen LogP contribution in [0.25, 0.3) is 0 Å². The third-order valence-corrected chi connectivity index (χ3v) is 6.03. The number of amides is 2.